The van der Waals surface area contributed by atoms with Crippen LogP contribution >= 0.6 is 0 Å². The largest absolute Gasteiger partial charge is 0.476 e. The van der Waals surface area contributed by atoms with Gasteiger partial charge in [-0.05, 0) is 69.9 Å². The minimum absolute atomic E-state index is 0.198. The van der Waals surface area contributed by atoms with Gasteiger partial charge in [-0.3, -0.25) is 9.88 Å². The van der Waals surface area contributed by atoms with Crippen LogP contribution in [0.2, 0.25) is 0 Å². The molecule has 2 bridgehead atoms. The molecule has 1 aromatic carbocycles. The molecule has 5 heterocycles. The lowest BCUT2D eigenvalue weighted by molar-refractivity contribution is 0.0791. The molecule has 1 aliphatic carbocycles. The summed E-state index contributed by atoms with van der Waals surface area (Å²) in [5.74, 6) is 1.89. The summed E-state index contributed by atoms with van der Waals surface area (Å²) in [5.41, 5.74) is -0.0996. The lowest BCUT2D eigenvalue weighted by Gasteiger charge is -2.34. The van der Waals surface area contributed by atoms with E-state index < -0.39 is 17.6 Å². The Hall–Kier alpha value is -2.84. The number of fused-ring (bicyclic) bond motifs is 4. The van der Waals surface area contributed by atoms with Gasteiger partial charge in [-0.15, -0.1) is 0 Å². The molecular formula is C32H38F2N4O2. The summed E-state index contributed by atoms with van der Waals surface area (Å²) in [7, 11) is 0. The molecule has 4 atom stereocenters. The Labute approximate surface area is 234 Å². The van der Waals surface area contributed by atoms with Crippen LogP contribution in [0.4, 0.5) is 14.6 Å². The molecule has 1 N–H and O–H groups in total. The summed E-state index contributed by atoms with van der Waals surface area (Å²) < 4.78 is 37.3. The third-order valence-corrected chi connectivity index (χ3v) is 9.78. The fourth-order valence-electron chi connectivity index (χ4n) is 7.90. The van der Waals surface area contributed by atoms with E-state index in [4.69, 9.17) is 9.72 Å². The lowest BCUT2D eigenvalue weighted by atomic mass is 9.91. The summed E-state index contributed by atoms with van der Waals surface area (Å²) in [4.78, 5) is 14.1. The minimum Gasteiger partial charge on any atom is -0.476 e. The zero-order valence-corrected chi connectivity index (χ0v) is 23.4. The van der Waals surface area contributed by atoms with Crippen molar-refractivity contribution in [2.45, 2.75) is 69.7 Å². The van der Waals surface area contributed by atoms with Crippen molar-refractivity contribution in [2.24, 2.45) is 11.8 Å². The van der Waals surface area contributed by atoms with Crippen LogP contribution in [0.1, 0.15) is 57.9 Å². The Morgan fingerprint density at radius 2 is 1.90 bits per heavy atom. The Morgan fingerprint density at radius 1 is 1.12 bits per heavy atom. The first-order valence-electron chi connectivity index (χ1n) is 14.8. The zero-order chi connectivity index (χ0) is 27.6. The predicted octanol–water partition coefficient (Wildman–Crippen LogP) is 5.85. The average Bonchev–Trinajstić information content (AvgIpc) is 3.57. The summed E-state index contributed by atoms with van der Waals surface area (Å²) in [6.07, 6.45) is 6.99. The van der Waals surface area contributed by atoms with E-state index in [0.717, 1.165) is 32.5 Å². The Morgan fingerprint density at radius 3 is 2.67 bits per heavy atom. The first-order chi connectivity index (χ1) is 19.2. The molecule has 40 heavy (non-hydrogen) atoms. The molecule has 2 aromatic heterocycles. The lowest BCUT2D eigenvalue weighted by Crippen LogP contribution is -2.43. The molecule has 1 saturated carbocycles. The number of pyridine rings is 2. The number of halogens is 2. The summed E-state index contributed by atoms with van der Waals surface area (Å²) >= 11 is 0. The van der Waals surface area contributed by atoms with E-state index in [2.05, 4.69) is 14.8 Å². The molecule has 0 spiro atoms. The number of nitrogens with zero attached hydrogens (tertiary/aromatic N) is 4. The van der Waals surface area contributed by atoms with Crippen molar-refractivity contribution in [3.8, 4) is 17.1 Å². The number of hydrogen-bond acceptors (Lipinski definition) is 6. The van der Waals surface area contributed by atoms with Gasteiger partial charge in [0.2, 0.25) is 5.88 Å². The molecule has 3 aliphatic heterocycles. The van der Waals surface area contributed by atoms with Crippen molar-refractivity contribution < 1.29 is 18.6 Å². The quantitative estimate of drug-likeness (QED) is 0.417. The number of alkyl halides is 1. The van der Waals surface area contributed by atoms with Gasteiger partial charge in [0.1, 0.15) is 24.3 Å². The van der Waals surface area contributed by atoms with Gasteiger partial charge in [0.15, 0.2) is 5.82 Å². The minimum atomic E-state index is -1.16. The van der Waals surface area contributed by atoms with Gasteiger partial charge < -0.3 is 14.7 Å². The number of anilines is 1. The molecule has 212 valence electrons. The molecular weight excluding hydrogens is 510 g/mol. The van der Waals surface area contributed by atoms with E-state index in [1.54, 1.807) is 32.2 Å². The maximum atomic E-state index is 16.5. The van der Waals surface area contributed by atoms with Crippen LogP contribution in [0.15, 0.2) is 36.5 Å². The maximum Gasteiger partial charge on any atom is 0.216 e. The smallest absolute Gasteiger partial charge is 0.216 e. The molecule has 3 aromatic rings. The number of benzene rings is 1. The van der Waals surface area contributed by atoms with Crippen LogP contribution < -0.4 is 9.64 Å². The normalized spacial score (nSPS) is 28.4. The second-order valence-corrected chi connectivity index (χ2v) is 13.1. The average molecular weight is 549 g/mol. The van der Waals surface area contributed by atoms with Gasteiger partial charge in [0, 0.05) is 54.7 Å². The van der Waals surface area contributed by atoms with E-state index in [1.165, 1.54) is 19.3 Å². The number of rotatable bonds is 6. The first kappa shape index (κ1) is 26.1. The third-order valence-electron chi connectivity index (χ3n) is 9.78. The van der Waals surface area contributed by atoms with Crippen molar-refractivity contribution in [3.05, 3.63) is 47.9 Å². The second kappa shape index (κ2) is 9.62. The van der Waals surface area contributed by atoms with Gasteiger partial charge in [-0.25, -0.2) is 8.78 Å². The van der Waals surface area contributed by atoms with Crippen LogP contribution in [-0.2, 0) is 5.60 Å². The number of ether oxygens (including phenoxy) is 1. The topological polar surface area (TPSA) is 61.7 Å². The van der Waals surface area contributed by atoms with Gasteiger partial charge in [-0.2, -0.15) is 4.98 Å². The van der Waals surface area contributed by atoms with E-state index in [-0.39, 0.29) is 11.2 Å². The number of hydrogen-bond donors (Lipinski definition) is 1. The molecule has 0 amide bonds. The molecule has 4 fully saturated rings. The second-order valence-electron chi connectivity index (χ2n) is 13.1. The summed E-state index contributed by atoms with van der Waals surface area (Å²) in [6, 6.07) is 8.96. The van der Waals surface area contributed by atoms with Gasteiger partial charge in [0.05, 0.1) is 11.1 Å². The third kappa shape index (κ3) is 4.44. The standard InChI is InChI=1S/C32H38F2N4O2/c1-31(2,39)26-7-4-3-6-23(26)29-28(34)24-13-27(40-19-32-10-5-11-38(32)18-22(33)14-32)36-30(25(24)15-35-29)37-16-20-8-9-21(12-20)17-37/h3-4,6-7,13,15,20-22,39H,5,8-12,14,16-19H2,1-2H3/t20?,21?,22-,32+/m1/s1. The highest BCUT2D eigenvalue weighted by Gasteiger charge is 2.49. The van der Waals surface area contributed by atoms with Crippen LogP contribution in [0.3, 0.4) is 0 Å². The van der Waals surface area contributed by atoms with Gasteiger partial charge in [-0.1, -0.05) is 24.3 Å². The van der Waals surface area contributed by atoms with Crippen molar-refractivity contribution >= 4 is 16.6 Å². The highest BCUT2D eigenvalue weighted by atomic mass is 19.1. The van der Waals surface area contributed by atoms with E-state index in [1.807, 2.05) is 18.2 Å². The van der Waals surface area contributed by atoms with Crippen molar-refractivity contribution in [3.63, 3.8) is 0 Å². The fourth-order valence-corrected chi connectivity index (χ4v) is 7.90. The fraction of sp³-hybridized carbons (Fsp3) is 0.562. The van der Waals surface area contributed by atoms with Crippen LogP contribution in [-0.4, -0.2) is 64.5 Å². The monoisotopic (exact) mass is 548 g/mol. The van der Waals surface area contributed by atoms with Crippen LogP contribution in [0.25, 0.3) is 22.0 Å². The number of piperidine rings is 1. The van der Waals surface area contributed by atoms with Crippen LogP contribution in [0.5, 0.6) is 5.88 Å². The molecule has 2 unspecified atom stereocenters. The maximum absolute atomic E-state index is 16.5. The number of aliphatic hydroxyl groups is 1. The summed E-state index contributed by atoms with van der Waals surface area (Å²) in [5, 5.41) is 11.9. The molecule has 7 rings (SSSR count). The highest BCUT2D eigenvalue weighted by Crippen LogP contribution is 2.43. The Bertz CT molecular complexity index is 1430. The SMILES string of the molecule is CC(C)(O)c1ccccc1-c1ncc2c(N3CC4CCC(C4)C3)nc(OC[C@@]34CCCN3C[C@H](F)C4)cc2c1F. The summed E-state index contributed by atoms with van der Waals surface area (Å²) in [6.45, 7) is 6.88. The zero-order valence-electron chi connectivity index (χ0n) is 23.4. The van der Waals surface area contributed by atoms with E-state index in [0.29, 0.717) is 65.0 Å². The van der Waals surface area contributed by atoms with Crippen molar-refractivity contribution in [2.75, 3.05) is 37.7 Å². The van der Waals surface area contributed by atoms with Crippen molar-refractivity contribution in [1.82, 2.24) is 14.9 Å². The molecule has 8 heteroatoms. The van der Waals surface area contributed by atoms with E-state index >= 15 is 4.39 Å². The molecule has 4 aliphatic rings. The van der Waals surface area contributed by atoms with Crippen molar-refractivity contribution in [1.29, 1.82) is 0 Å². The first-order valence-corrected chi connectivity index (χ1v) is 14.8. The van der Waals surface area contributed by atoms with Gasteiger partial charge in [0.25, 0.3) is 0 Å². The molecule has 6 nitrogen and oxygen atoms in total. The Balaban J connectivity index is 1.32. The number of aromatic nitrogens is 2. The Kier molecular flexibility index (Phi) is 6.27. The van der Waals surface area contributed by atoms with Gasteiger partial charge >= 0.3 is 0 Å². The molecule has 0 radical (unpaired) electrons. The highest BCUT2D eigenvalue weighted by molar-refractivity contribution is 5.95. The van der Waals surface area contributed by atoms with E-state index in [9.17, 15) is 9.50 Å². The van der Waals surface area contributed by atoms with Crippen LogP contribution in [0, 0.1) is 17.7 Å². The predicted molar refractivity (Wildman–Crippen MR) is 152 cm³/mol. The molecule has 3 saturated heterocycles.